The van der Waals surface area contributed by atoms with Crippen LogP contribution in [0.1, 0.15) is 37.3 Å². The molecule has 1 aliphatic rings. The van der Waals surface area contributed by atoms with E-state index in [2.05, 4.69) is 10.3 Å². The number of benzene rings is 1. The summed E-state index contributed by atoms with van der Waals surface area (Å²) in [5.41, 5.74) is 1.99. The van der Waals surface area contributed by atoms with Crippen LogP contribution >= 0.6 is 11.6 Å². The molecule has 1 aromatic heterocycles. The number of aryl methyl sites for hydroxylation is 1. The van der Waals surface area contributed by atoms with Gasteiger partial charge in [0.05, 0.1) is 36.5 Å². The number of esters is 2. The summed E-state index contributed by atoms with van der Waals surface area (Å²) in [6.07, 6.45) is 2.69. The summed E-state index contributed by atoms with van der Waals surface area (Å²) in [5.74, 6) is -1.43. The van der Waals surface area contributed by atoms with Crippen LogP contribution in [0.2, 0.25) is 5.02 Å². The molecule has 9 heteroatoms. The Morgan fingerprint density at radius 2 is 1.94 bits per heavy atom. The van der Waals surface area contributed by atoms with Gasteiger partial charge in [0, 0.05) is 37.3 Å². The van der Waals surface area contributed by atoms with Crippen LogP contribution in [-0.4, -0.2) is 42.3 Å². The van der Waals surface area contributed by atoms with Gasteiger partial charge in [0.2, 0.25) is 0 Å². The molecule has 0 bridgehead atoms. The van der Waals surface area contributed by atoms with Crippen LogP contribution in [0.3, 0.4) is 0 Å². The fourth-order valence-corrected chi connectivity index (χ4v) is 4.12. The molecule has 2 unspecified atom stereocenters. The summed E-state index contributed by atoms with van der Waals surface area (Å²) < 4.78 is 18.0. The number of ether oxygens (including phenoxy) is 3. The minimum Gasteiger partial charge on any atom is -0.466 e. The monoisotopic (exact) mass is 459 g/mol. The lowest BCUT2D eigenvalue weighted by Crippen LogP contribution is -2.36. The number of halogens is 1. The second kappa shape index (κ2) is 10.0. The van der Waals surface area contributed by atoms with E-state index in [1.165, 1.54) is 14.2 Å². The van der Waals surface area contributed by atoms with Crippen LogP contribution < -0.4 is 5.32 Å². The van der Waals surface area contributed by atoms with Crippen molar-refractivity contribution in [3.8, 4) is 0 Å². The molecule has 8 nitrogen and oxygen atoms in total. The Morgan fingerprint density at radius 1 is 1.22 bits per heavy atom. The number of methoxy groups -OCH3 is 2. The van der Waals surface area contributed by atoms with Crippen molar-refractivity contribution in [3.63, 3.8) is 0 Å². The highest BCUT2D eigenvalue weighted by molar-refractivity contribution is 6.31. The van der Waals surface area contributed by atoms with Gasteiger partial charge in [-0.3, -0.25) is 0 Å². The number of carbonyl (C=O) groups excluding carboxylic acids is 2. The van der Waals surface area contributed by atoms with E-state index in [0.29, 0.717) is 27.8 Å². The first kappa shape index (κ1) is 23.6. The number of rotatable bonds is 7. The Hall–Kier alpha value is -3.10. The summed E-state index contributed by atoms with van der Waals surface area (Å²) in [4.78, 5) is 30.6. The molecule has 0 aliphatic carbocycles. The highest BCUT2D eigenvalue weighted by atomic mass is 35.5. The van der Waals surface area contributed by atoms with Crippen LogP contribution in [0.5, 0.6) is 0 Å². The molecule has 0 amide bonds. The number of nitrogens with one attached hydrogen (secondary N) is 1. The predicted octanol–water partition coefficient (Wildman–Crippen LogP) is 3.41. The Bertz CT molecular complexity index is 1090. The lowest BCUT2D eigenvalue weighted by atomic mass is 9.79. The van der Waals surface area contributed by atoms with Crippen molar-refractivity contribution in [2.45, 2.75) is 25.9 Å². The third-order valence-corrected chi connectivity index (χ3v) is 5.65. The lowest BCUT2D eigenvalue weighted by molar-refractivity contribution is -0.139. The van der Waals surface area contributed by atoms with Gasteiger partial charge in [-0.15, -0.1) is 0 Å². The van der Waals surface area contributed by atoms with Crippen LogP contribution in [0.15, 0.2) is 59.2 Å². The molecule has 2 heterocycles. The highest BCUT2D eigenvalue weighted by Crippen LogP contribution is 2.44. The van der Waals surface area contributed by atoms with Gasteiger partial charge in [0.25, 0.3) is 0 Å². The minimum absolute atomic E-state index is 0.154. The first-order valence-electron chi connectivity index (χ1n) is 10.1. The molecule has 0 radical (unpaired) electrons. The Morgan fingerprint density at radius 3 is 2.50 bits per heavy atom. The number of dihydropyridines is 1. The number of nitrogens with zero attached hydrogens (tertiary/aromatic N) is 2. The molecule has 1 aliphatic heterocycles. The number of imidazole rings is 1. The van der Waals surface area contributed by atoms with Crippen LogP contribution in [0, 0.1) is 0 Å². The summed E-state index contributed by atoms with van der Waals surface area (Å²) in [6, 6.07) is 7.05. The van der Waals surface area contributed by atoms with E-state index >= 15 is 0 Å². The fraction of sp³-hybridized carbons (Fsp3) is 0.348. The third-order valence-electron chi connectivity index (χ3n) is 5.30. The van der Waals surface area contributed by atoms with Crippen LogP contribution in [-0.2, 0) is 30.8 Å². The van der Waals surface area contributed by atoms with Gasteiger partial charge in [-0.05, 0) is 25.5 Å². The lowest BCUT2D eigenvalue weighted by Gasteiger charge is -2.34. The van der Waals surface area contributed by atoms with Crippen LogP contribution in [0.25, 0.3) is 0 Å². The van der Waals surface area contributed by atoms with E-state index in [-0.39, 0.29) is 17.8 Å². The minimum atomic E-state index is -0.829. The van der Waals surface area contributed by atoms with Gasteiger partial charge in [-0.2, -0.15) is 0 Å². The van der Waals surface area contributed by atoms with E-state index in [9.17, 15) is 9.59 Å². The molecular weight excluding hydrogens is 434 g/mol. The topological polar surface area (TPSA) is 91.7 Å². The molecule has 0 saturated carbocycles. The first-order valence-corrected chi connectivity index (χ1v) is 10.4. The zero-order valence-electron chi connectivity index (χ0n) is 18.6. The molecule has 3 rings (SSSR count). The molecular formula is C23H26ClN3O5. The van der Waals surface area contributed by atoms with Gasteiger partial charge in [0.15, 0.2) is 6.10 Å². The number of carbonyl (C=O) groups is 2. The quantitative estimate of drug-likeness (QED) is 0.634. The maximum Gasteiger partial charge on any atom is 0.336 e. The Kier molecular flexibility index (Phi) is 7.37. The second-order valence-electron chi connectivity index (χ2n) is 7.17. The highest BCUT2D eigenvalue weighted by Gasteiger charge is 2.42. The standard InChI is InChI=1S/C23H26ClN3O5/c1-6-32-23(29)18-17(14-9-7-8-10-15(14)24)16(22(28)31-5)13(2)26-19(18)20(30-4)21-25-11-12-27(21)3/h7-12,17,20,26H,6H2,1-5H3. The second-order valence-corrected chi connectivity index (χ2v) is 7.58. The average Bonchev–Trinajstić information content (AvgIpc) is 3.19. The van der Waals surface area contributed by atoms with Crippen molar-refractivity contribution in [2.24, 2.45) is 7.05 Å². The van der Waals surface area contributed by atoms with E-state index < -0.39 is 24.0 Å². The number of hydrogen-bond acceptors (Lipinski definition) is 7. The Labute approximate surface area is 191 Å². The van der Waals surface area contributed by atoms with Crippen molar-refractivity contribution in [3.05, 3.63) is 75.6 Å². The summed E-state index contributed by atoms with van der Waals surface area (Å²) in [7, 11) is 4.65. The molecule has 0 saturated heterocycles. The molecule has 170 valence electrons. The molecule has 1 N–H and O–H groups in total. The van der Waals surface area contributed by atoms with Crippen molar-refractivity contribution < 1.29 is 23.8 Å². The number of allylic oxidation sites excluding steroid dienone is 1. The van der Waals surface area contributed by atoms with Crippen molar-refractivity contribution in [1.29, 1.82) is 0 Å². The van der Waals surface area contributed by atoms with Gasteiger partial charge in [-0.1, -0.05) is 29.8 Å². The zero-order valence-corrected chi connectivity index (χ0v) is 19.4. The molecule has 0 spiro atoms. The normalized spacial score (nSPS) is 17.1. The molecule has 1 aromatic carbocycles. The SMILES string of the molecule is CCOC(=O)C1=C(C(OC)c2nccn2C)NC(C)=C(C(=O)OC)C1c1ccccc1Cl. The number of aromatic nitrogens is 2. The van der Waals surface area contributed by atoms with Crippen molar-refractivity contribution in [1.82, 2.24) is 14.9 Å². The summed E-state index contributed by atoms with van der Waals surface area (Å²) >= 11 is 6.53. The summed E-state index contributed by atoms with van der Waals surface area (Å²) in [6.45, 7) is 3.61. The van der Waals surface area contributed by atoms with Crippen LogP contribution in [0.4, 0.5) is 0 Å². The molecule has 0 fully saturated rings. The predicted molar refractivity (Wildman–Crippen MR) is 119 cm³/mol. The van der Waals surface area contributed by atoms with E-state index in [4.69, 9.17) is 25.8 Å². The zero-order chi connectivity index (χ0) is 23.4. The maximum absolute atomic E-state index is 13.3. The first-order chi connectivity index (χ1) is 15.3. The van der Waals surface area contributed by atoms with Gasteiger partial charge in [-0.25, -0.2) is 14.6 Å². The van der Waals surface area contributed by atoms with Gasteiger partial charge >= 0.3 is 11.9 Å². The van der Waals surface area contributed by atoms with E-state index in [1.807, 2.05) is 7.05 Å². The van der Waals surface area contributed by atoms with Crippen molar-refractivity contribution >= 4 is 23.5 Å². The summed E-state index contributed by atoms with van der Waals surface area (Å²) in [5, 5.41) is 3.60. The van der Waals surface area contributed by atoms with Crippen molar-refractivity contribution in [2.75, 3.05) is 20.8 Å². The maximum atomic E-state index is 13.3. The Balaban J connectivity index is 2.34. The third kappa shape index (κ3) is 4.28. The molecule has 2 atom stereocenters. The van der Waals surface area contributed by atoms with Gasteiger partial charge < -0.3 is 24.1 Å². The van der Waals surface area contributed by atoms with E-state index in [1.54, 1.807) is 55.1 Å². The van der Waals surface area contributed by atoms with Gasteiger partial charge in [0.1, 0.15) is 5.82 Å². The molecule has 32 heavy (non-hydrogen) atoms. The van der Waals surface area contributed by atoms with E-state index in [0.717, 1.165) is 0 Å². The molecule has 2 aromatic rings. The number of hydrogen-bond donors (Lipinski definition) is 1. The average molecular weight is 460 g/mol. The largest absolute Gasteiger partial charge is 0.466 e. The fourth-order valence-electron chi connectivity index (χ4n) is 3.88. The smallest absolute Gasteiger partial charge is 0.336 e.